The molecule has 1 aliphatic carbocycles. The highest BCUT2D eigenvalue weighted by Crippen LogP contribution is 2.41. The van der Waals surface area contributed by atoms with Gasteiger partial charge in [-0.05, 0) is 49.2 Å². The van der Waals surface area contributed by atoms with Gasteiger partial charge in [0.25, 0.3) is 5.91 Å². The van der Waals surface area contributed by atoms with Gasteiger partial charge in [0.05, 0.1) is 30.2 Å². The van der Waals surface area contributed by atoms with E-state index in [0.29, 0.717) is 46.2 Å². The average molecular weight is 469 g/mol. The summed E-state index contributed by atoms with van der Waals surface area (Å²) in [6.45, 7) is 1.39. The normalized spacial score (nSPS) is 15.1. The van der Waals surface area contributed by atoms with Gasteiger partial charge in [0, 0.05) is 30.7 Å². The number of methoxy groups -OCH3 is 1. The Kier molecular flexibility index (Phi) is 5.13. The second-order valence-electron chi connectivity index (χ2n) is 8.64. The number of carbonyl (C=O) groups is 2. The van der Waals surface area contributed by atoms with E-state index in [-0.39, 0.29) is 5.91 Å². The molecule has 8 nitrogen and oxygen atoms in total. The molecule has 2 aliphatic rings. The molecule has 0 N–H and O–H groups in total. The minimum Gasteiger partial charge on any atom is -0.465 e. The number of furan rings is 1. The lowest BCUT2D eigenvalue weighted by Crippen LogP contribution is -2.45. The zero-order chi connectivity index (χ0) is 23.9. The van der Waals surface area contributed by atoms with Crippen LogP contribution in [0.15, 0.2) is 71.6 Å². The van der Waals surface area contributed by atoms with Crippen LogP contribution in [-0.4, -0.2) is 43.1 Å². The summed E-state index contributed by atoms with van der Waals surface area (Å²) in [7, 11) is 1.32. The molecule has 0 bridgehead atoms. The Morgan fingerprint density at radius 2 is 1.86 bits per heavy atom. The average Bonchev–Trinajstić information content (AvgIpc) is 3.66. The number of nitrogens with zero attached hydrogens (tertiary/aromatic N) is 3. The lowest BCUT2D eigenvalue weighted by molar-refractivity contribution is 0.0601. The molecule has 0 atom stereocenters. The number of para-hydroxylation sites is 2. The molecule has 1 amide bonds. The highest BCUT2D eigenvalue weighted by atomic mass is 16.5. The highest BCUT2D eigenvalue weighted by Gasteiger charge is 2.36. The maximum absolute atomic E-state index is 13.7. The number of carbonyl (C=O) groups excluding carboxylic acids is 2. The van der Waals surface area contributed by atoms with Gasteiger partial charge in [-0.3, -0.25) is 9.78 Å². The van der Waals surface area contributed by atoms with Crippen LogP contribution in [0.3, 0.4) is 0 Å². The van der Waals surface area contributed by atoms with Gasteiger partial charge in [-0.15, -0.1) is 0 Å². The van der Waals surface area contributed by atoms with Crippen LogP contribution < -0.4 is 14.5 Å². The number of amides is 1. The molecule has 1 saturated carbocycles. The van der Waals surface area contributed by atoms with Gasteiger partial charge in [0.1, 0.15) is 23.2 Å². The number of pyridine rings is 1. The summed E-state index contributed by atoms with van der Waals surface area (Å²) in [4.78, 5) is 34.2. The smallest absolute Gasteiger partial charge is 0.341 e. The number of aromatic nitrogens is 1. The number of esters is 1. The van der Waals surface area contributed by atoms with Gasteiger partial charge in [0.15, 0.2) is 5.75 Å². The largest absolute Gasteiger partial charge is 0.465 e. The predicted octanol–water partition coefficient (Wildman–Crippen LogP) is 5.04. The summed E-state index contributed by atoms with van der Waals surface area (Å²) in [6, 6.07) is 15.4. The minimum absolute atomic E-state index is 0.148. The summed E-state index contributed by atoms with van der Waals surface area (Å²) >= 11 is 0. The van der Waals surface area contributed by atoms with E-state index in [2.05, 4.69) is 16.0 Å². The Morgan fingerprint density at radius 1 is 1.03 bits per heavy atom. The van der Waals surface area contributed by atoms with Crippen LogP contribution in [-0.2, 0) is 4.74 Å². The molecule has 1 aliphatic heterocycles. The molecule has 176 valence electrons. The molecule has 3 heterocycles. The summed E-state index contributed by atoms with van der Waals surface area (Å²) < 4.78 is 16.4. The van der Waals surface area contributed by atoms with Crippen molar-refractivity contribution in [2.24, 2.45) is 0 Å². The van der Waals surface area contributed by atoms with Crippen molar-refractivity contribution in [2.45, 2.75) is 18.9 Å². The molecular formula is C27H23N3O5. The van der Waals surface area contributed by atoms with Crippen LogP contribution in [0.25, 0.3) is 11.0 Å². The third-order valence-electron chi connectivity index (χ3n) is 6.47. The van der Waals surface area contributed by atoms with Gasteiger partial charge in [-0.25, -0.2) is 4.79 Å². The molecule has 2 aromatic carbocycles. The van der Waals surface area contributed by atoms with Crippen molar-refractivity contribution in [1.29, 1.82) is 0 Å². The second-order valence-corrected chi connectivity index (χ2v) is 8.64. The second kappa shape index (κ2) is 8.47. The number of benzene rings is 2. The van der Waals surface area contributed by atoms with Crippen molar-refractivity contribution in [1.82, 2.24) is 4.98 Å². The molecule has 4 aromatic rings. The lowest BCUT2D eigenvalue weighted by Gasteiger charge is -2.38. The van der Waals surface area contributed by atoms with Crippen molar-refractivity contribution in [3.63, 3.8) is 0 Å². The number of anilines is 2. The number of ether oxygens (including phenoxy) is 2. The van der Waals surface area contributed by atoms with E-state index in [4.69, 9.17) is 13.9 Å². The van der Waals surface area contributed by atoms with E-state index in [9.17, 15) is 9.59 Å². The van der Waals surface area contributed by atoms with E-state index in [0.717, 1.165) is 17.9 Å². The van der Waals surface area contributed by atoms with E-state index < -0.39 is 5.97 Å². The molecule has 0 saturated heterocycles. The number of hydrogen-bond donors (Lipinski definition) is 0. The van der Waals surface area contributed by atoms with Gasteiger partial charge in [-0.1, -0.05) is 12.1 Å². The van der Waals surface area contributed by atoms with Crippen molar-refractivity contribution < 1.29 is 23.5 Å². The Balaban J connectivity index is 1.32. The fourth-order valence-corrected chi connectivity index (χ4v) is 4.61. The van der Waals surface area contributed by atoms with Crippen LogP contribution in [0.5, 0.6) is 11.5 Å². The Hall–Kier alpha value is -4.33. The van der Waals surface area contributed by atoms with E-state index in [1.807, 2.05) is 23.1 Å². The zero-order valence-corrected chi connectivity index (χ0v) is 19.1. The molecule has 2 aromatic heterocycles. The first-order valence-corrected chi connectivity index (χ1v) is 11.5. The molecule has 0 spiro atoms. The Labute approximate surface area is 201 Å². The maximum Gasteiger partial charge on any atom is 0.341 e. The fraction of sp³-hybridized carbons (Fsp3) is 0.222. The topological polar surface area (TPSA) is 85.1 Å². The molecule has 0 radical (unpaired) electrons. The summed E-state index contributed by atoms with van der Waals surface area (Å²) in [5, 5.41) is 0.566. The maximum atomic E-state index is 13.7. The van der Waals surface area contributed by atoms with Crippen LogP contribution in [0.2, 0.25) is 0 Å². The Morgan fingerprint density at radius 3 is 2.66 bits per heavy atom. The monoisotopic (exact) mass is 469 g/mol. The third-order valence-corrected chi connectivity index (χ3v) is 6.47. The van der Waals surface area contributed by atoms with Gasteiger partial charge < -0.3 is 23.7 Å². The van der Waals surface area contributed by atoms with Crippen molar-refractivity contribution in [3.8, 4) is 11.5 Å². The van der Waals surface area contributed by atoms with E-state index in [1.165, 1.54) is 32.4 Å². The quantitative estimate of drug-likeness (QED) is 0.379. The number of hydrogen-bond acceptors (Lipinski definition) is 7. The Bertz CT molecular complexity index is 1440. The molecular weight excluding hydrogens is 446 g/mol. The first kappa shape index (κ1) is 21.2. The molecule has 1 fully saturated rings. The van der Waals surface area contributed by atoms with Crippen LogP contribution in [0.4, 0.5) is 11.4 Å². The predicted molar refractivity (Wildman–Crippen MR) is 130 cm³/mol. The molecule has 0 unspecified atom stereocenters. The van der Waals surface area contributed by atoms with Crippen LogP contribution in [0, 0.1) is 0 Å². The summed E-state index contributed by atoms with van der Waals surface area (Å²) in [6.07, 6.45) is 6.87. The first-order valence-electron chi connectivity index (χ1n) is 11.5. The molecule has 6 rings (SSSR count). The highest BCUT2D eigenvalue weighted by molar-refractivity contribution is 6.10. The van der Waals surface area contributed by atoms with Crippen LogP contribution in [0.1, 0.15) is 33.6 Å². The summed E-state index contributed by atoms with van der Waals surface area (Å²) in [5.74, 6) is 0.138. The standard InChI is InChI=1S/C27H23N3O5/c1-33-27(32)21-16-34-24-9-8-18(14-20(21)24)35-25-15-28-11-10-19(25)26(31)30-13-12-29(17-6-7-17)22-4-2-3-5-23(22)30/h2-5,8-11,14-17H,6-7,12-13H2,1H3. The fourth-order valence-electron chi connectivity index (χ4n) is 4.61. The van der Waals surface area contributed by atoms with E-state index in [1.54, 1.807) is 30.5 Å². The number of rotatable bonds is 5. The van der Waals surface area contributed by atoms with Gasteiger partial charge in [0.2, 0.25) is 0 Å². The zero-order valence-electron chi connectivity index (χ0n) is 19.1. The molecule has 35 heavy (non-hydrogen) atoms. The first-order chi connectivity index (χ1) is 17.1. The minimum atomic E-state index is -0.498. The third kappa shape index (κ3) is 3.77. The van der Waals surface area contributed by atoms with Crippen molar-refractivity contribution >= 4 is 34.2 Å². The SMILES string of the molecule is COC(=O)c1coc2ccc(Oc3cnccc3C(=O)N3CCN(C4CC4)c4ccccc43)cc12. The van der Waals surface area contributed by atoms with Crippen molar-refractivity contribution in [2.75, 3.05) is 30.0 Å². The van der Waals surface area contributed by atoms with Gasteiger partial charge >= 0.3 is 5.97 Å². The summed E-state index contributed by atoms with van der Waals surface area (Å²) in [5.41, 5.74) is 3.24. The van der Waals surface area contributed by atoms with Crippen LogP contribution >= 0.6 is 0 Å². The number of fused-ring (bicyclic) bond motifs is 2. The van der Waals surface area contributed by atoms with E-state index >= 15 is 0 Å². The lowest BCUT2D eigenvalue weighted by atomic mass is 10.1. The van der Waals surface area contributed by atoms with Crippen molar-refractivity contribution in [3.05, 3.63) is 78.3 Å². The molecule has 8 heteroatoms. The van der Waals surface area contributed by atoms with Gasteiger partial charge in [-0.2, -0.15) is 0 Å².